The van der Waals surface area contributed by atoms with Crippen LogP contribution < -0.4 is 25.6 Å². The minimum Gasteiger partial charge on any atom is -0.493 e. The molecule has 3 aromatic carbocycles. The van der Waals surface area contributed by atoms with E-state index in [0.29, 0.717) is 59.3 Å². The van der Waals surface area contributed by atoms with Gasteiger partial charge in [-0.1, -0.05) is 41.9 Å². The van der Waals surface area contributed by atoms with Crippen molar-refractivity contribution in [2.75, 3.05) is 18.1 Å². The van der Waals surface area contributed by atoms with Gasteiger partial charge in [0, 0.05) is 40.5 Å². The van der Waals surface area contributed by atoms with Crippen LogP contribution in [-0.4, -0.2) is 76.1 Å². The number of unbranched alkanes of at least 4 members (excludes halogenated alkanes) is 1. The van der Waals surface area contributed by atoms with Gasteiger partial charge in [0.15, 0.2) is 0 Å². The number of aromatic nitrogens is 1. The average Bonchev–Trinajstić information content (AvgIpc) is 3.56. The Balaban J connectivity index is 0.852. The maximum Gasteiger partial charge on any atom is 0.329 e. The predicted molar refractivity (Wildman–Crippen MR) is 194 cm³/mol. The second kappa shape index (κ2) is 13.7. The quantitative estimate of drug-likeness (QED) is 0.121. The van der Waals surface area contributed by atoms with Crippen LogP contribution in [0.1, 0.15) is 81.1 Å². The van der Waals surface area contributed by atoms with E-state index < -0.39 is 41.2 Å². The lowest BCUT2D eigenvalue weighted by molar-refractivity contribution is -0.136. The van der Waals surface area contributed by atoms with Gasteiger partial charge in [-0.25, -0.2) is 9.69 Å². The molecule has 0 radical (unpaired) electrons. The number of pyridine rings is 1. The molecule has 3 fully saturated rings. The number of anilines is 1. The second-order valence-corrected chi connectivity index (χ2v) is 14.2. The number of carbonyl (C=O) groups is 7. The number of ether oxygens (including phenoxy) is 1. The van der Waals surface area contributed by atoms with Gasteiger partial charge in [0.25, 0.3) is 23.6 Å². The molecule has 0 bridgehead atoms. The Morgan fingerprint density at radius 3 is 2.57 bits per heavy atom. The molecule has 1 saturated carbocycles. The third kappa shape index (κ3) is 5.92. The first-order valence-electron chi connectivity index (χ1n) is 17.6. The number of nitrogens with zero attached hydrogens (tertiary/aromatic N) is 3. The number of halogens is 1. The number of nitrogens with one attached hydrogen (secondary N) is 3. The van der Waals surface area contributed by atoms with Crippen molar-refractivity contribution in [3.05, 3.63) is 100 Å². The molecule has 4 aromatic rings. The van der Waals surface area contributed by atoms with Crippen molar-refractivity contribution in [3.8, 4) is 5.75 Å². The Morgan fingerprint density at radius 1 is 0.963 bits per heavy atom. The van der Waals surface area contributed by atoms with Crippen LogP contribution in [-0.2, 0) is 14.4 Å². The van der Waals surface area contributed by atoms with E-state index in [2.05, 4.69) is 20.9 Å². The largest absolute Gasteiger partial charge is 0.493 e. The summed E-state index contributed by atoms with van der Waals surface area (Å²) in [5.74, 6) is -2.80. The van der Waals surface area contributed by atoms with Gasteiger partial charge in [-0.3, -0.25) is 44.0 Å². The maximum absolute atomic E-state index is 13.7. The fourth-order valence-corrected chi connectivity index (χ4v) is 8.01. The summed E-state index contributed by atoms with van der Waals surface area (Å²) in [7, 11) is 0. The van der Waals surface area contributed by atoms with Crippen molar-refractivity contribution in [2.24, 2.45) is 0 Å². The molecule has 15 heteroatoms. The number of rotatable bonds is 10. The number of imide groups is 3. The molecule has 274 valence electrons. The first-order chi connectivity index (χ1) is 26.1. The summed E-state index contributed by atoms with van der Waals surface area (Å²) in [6.07, 6.45) is 5.05. The minimum absolute atomic E-state index is 0.0254. The Labute approximate surface area is 313 Å². The molecule has 1 unspecified atom stereocenters. The van der Waals surface area contributed by atoms with Crippen LogP contribution in [0.3, 0.4) is 0 Å². The van der Waals surface area contributed by atoms with E-state index >= 15 is 0 Å². The molecule has 54 heavy (non-hydrogen) atoms. The third-order valence-electron chi connectivity index (χ3n) is 10.5. The summed E-state index contributed by atoms with van der Waals surface area (Å²) >= 11 is 6.38. The molecular weight excluding hydrogens is 716 g/mol. The smallest absolute Gasteiger partial charge is 0.329 e. The third-order valence-corrected chi connectivity index (χ3v) is 10.8. The Hall–Kier alpha value is -6.15. The van der Waals surface area contributed by atoms with E-state index in [1.54, 1.807) is 36.5 Å². The topological polar surface area (TPSA) is 184 Å². The van der Waals surface area contributed by atoms with Crippen LogP contribution >= 0.6 is 11.6 Å². The molecule has 1 aliphatic carbocycles. The van der Waals surface area contributed by atoms with Crippen LogP contribution in [0.5, 0.6) is 5.75 Å². The molecule has 4 heterocycles. The number of hydrogen-bond acceptors (Lipinski definition) is 9. The monoisotopic (exact) mass is 748 g/mol. The van der Waals surface area contributed by atoms with Gasteiger partial charge >= 0.3 is 6.03 Å². The Bertz CT molecular complexity index is 2310. The summed E-state index contributed by atoms with van der Waals surface area (Å²) in [4.78, 5) is 96.5. The predicted octanol–water partition coefficient (Wildman–Crippen LogP) is 4.25. The van der Waals surface area contributed by atoms with E-state index in [1.807, 2.05) is 24.3 Å². The average molecular weight is 749 g/mol. The highest BCUT2D eigenvalue weighted by atomic mass is 35.5. The van der Waals surface area contributed by atoms with Crippen molar-refractivity contribution >= 4 is 69.5 Å². The molecule has 1 atom stereocenters. The standard InChI is InChI=1S/C39H33ClN6O8/c40-27-8-2-1-6-24(27)23-17-39(18-23)37(52)46(38(53)44-39)29-20-41-19-22-16-21(10-11-25(22)29)33(48)42-14-3-4-15-54-30-9-5-7-26-32(30)36(51)45(35(26)50)28-12-13-31(47)43-34(28)49/h1-2,5-11,16,19-20,23,28H,3-4,12-15,17-18H2,(H,42,48)(H,44,53)(H,43,47,49). The van der Waals surface area contributed by atoms with Crippen LogP contribution in [0.25, 0.3) is 10.8 Å². The van der Waals surface area contributed by atoms with Gasteiger partial charge in [0.1, 0.15) is 17.3 Å². The molecule has 1 spiro atoms. The van der Waals surface area contributed by atoms with Crippen molar-refractivity contribution in [1.29, 1.82) is 0 Å². The zero-order chi connectivity index (χ0) is 37.7. The summed E-state index contributed by atoms with van der Waals surface area (Å²) in [5, 5.41) is 9.76. The van der Waals surface area contributed by atoms with Gasteiger partial charge in [-0.15, -0.1) is 0 Å². The Kier molecular flexibility index (Phi) is 8.84. The summed E-state index contributed by atoms with van der Waals surface area (Å²) in [5.41, 5.74) is 0.853. The summed E-state index contributed by atoms with van der Waals surface area (Å²) < 4.78 is 5.87. The molecule has 4 aliphatic rings. The van der Waals surface area contributed by atoms with Crippen LogP contribution in [0.2, 0.25) is 5.02 Å². The zero-order valence-electron chi connectivity index (χ0n) is 28.7. The lowest BCUT2D eigenvalue weighted by Gasteiger charge is -2.43. The molecule has 2 saturated heterocycles. The highest BCUT2D eigenvalue weighted by Crippen LogP contribution is 2.50. The van der Waals surface area contributed by atoms with Gasteiger partial charge in [-0.05, 0) is 73.9 Å². The fourth-order valence-electron chi connectivity index (χ4n) is 7.72. The normalized spacial score (nSPS) is 22.0. The van der Waals surface area contributed by atoms with Gasteiger partial charge < -0.3 is 15.4 Å². The van der Waals surface area contributed by atoms with Crippen molar-refractivity contribution in [1.82, 2.24) is 25.8 Å². The zero-order valence-corrected chi connectivity index (χ0v) is 29.5. The maximum atomic E-state index is 13.7. The number of urea groups is 1. The van der Waals surface area contributed by atoms with Crippen molar-refractivity contribution in [3.63, 3.8) is 0 Å². The lowest BCUT2D eigenvalue weighted by Crippen LogP contribution is -2.56. The van der Waals surface area contributed by atoms with E-state index in [-0.39, 0.29) is 54.1 Å². The van der Waals surface area contributed by atoms with Crippen LogP contribution in [0.15, 0.2) is 73.1 Å². The van der Waals surface area contributed by atoms with Gasteiger partial charge in [0.05, 0.1) is 29.6 Å². The number of fused-ring (bicyclic) bond motifs is 2. The van der Waals surface area contributed by atoms with E-state index in [1.165, 1.54) is 12.3 Å². The molecular formula is C39H33ClN6O8. The van der Waals surface area contributed by atoms with Gasteiger partial charge in [-0.2, -0.15) is 0 Å². The number of hydrogen-bond donors (Lipinski definition) is 3. The van der Waals surface area contributed by atoms with Crippen LogP contribution in [0.4, 0.5) is 10.5 Å². The van der Waals surface area contributed by atoms with E-state index in [9.17, 15) is 33.6 Å². The van der Waals surface area contributed by atoms with Crippen molar-refractivity contribution < 1.29 is 38.3 Å². The molecule has 14 nitrogen and oxygen atoms in total. The number of benzene rings is 3. The molecule has 3 N–H and O–H groups in total. The summed E-state index contributed by atoms with van der Waals surface area (Å²) in [6, 6.07) is 15.5. The second-order valence-electron chi connectivity index (χ2n) is 13.8. The van der Waals surface area contributed by atoms with Gasteiger partial charge in [0.2, 0.25) is 11.8 Å². The summed E-state index contributed by atoms with van der Waals surface area (Å²) in [6.45, 7) is 0.521. The molecule has 1 aromatic heterocycles. The molecule has 8 rings (SSSR count). The minimum atomic E-state index is -1.07. The van der Waals surface area contributed by atoms with E-state index in [0.717, 1.165) is 15.4 Å². The SMILES string of the molecule is O=C1CCC(N2C(=O)c3cccc(OCCCCNC(=O)c4ccc5c(N6C(=O)NC7(CC(c8ccccc8Cl)C7)C6=O)cncc5c4)c3C2=O)C(=O)N1. The van der Waals surface area contributed by atoms with E-state index in [4.69, 9.17) is 16.3 Å². The number of carbonyl (C=O) groups excluding carboxylic acids is 7. The number of amides is 8. The Morgan fingerprint density at radius 2 is 1.78 bits per heavy atom. The molecule has 3 aliphatic heterocycles. The highest BCUT2D eigenvalue weighted by molar-refractivity contribution is 6.31. The first-order valence-corrected chi connectivity index (χ1v) is 18.0. The van der Waals surface area contributed by atoms with Crippen LogP contribution in [0, 0.1) is 0 Å². The van der Waals surface area contributed by atoms with Crippen molar-refractivity contribution in [2.45, 2.75) is 56.0 Å². The fraction of sp³-hybridized carbons (Fsp3) is 0.282. The highest BCUT2D eigenvalue weighted by Gasteiger charge is 2.59. The lowest BCUT2D eigenvalue weighted by atomic mass is 9.65. The molecule has 8 amide bonds. The number of piperidine rings is 1. The first kappa shape index (κ1) is 34.9.